The number of nitrogens with zero attached hydrogens (tertiary/aromatic N) is 2. The van der Waals surface area contributed by atoms with Gasteiger partial charge >= 0.3 is 5.97 Å². The monoisotopic (exact) mass is 440 g/mol. The van der Waals surface area contributed by atoms with Crippen LogP contribution < -0.4 is 15.8 Å². The maximum absolute atomic E-state index is 11.0. The second kappa shape index (κ2) is 9.20. The Morgan fingerprint density at radius 1 is 1.32 bits per heavy atom. The Kier molecular flexibility index (Phi) is 6.38. The van der Waals surface area contributed by atoms with Gasteiger partial charge in [-0.15, -0.1) is 10.2 Å². The van der Waals surface area contributed by atoms with Crippen molar-refractivity contribution >= 4 is 28.6 Å². The predicted molar refractivity (Wildman–Crippen MR) is 123 cm³/mol. The molecule has 2 aliphatic carbocycles. The summed E-state index contributed by atoms with van der Waals surface area (Å²) in [6, 6.07) is 5.86. The molecule has 4 N–H and O–H groups in total. The van der Waals surface area contributed by atoms with E-state index < -0.39 is 5.97 Å². The topological polar surface area (TPSA) is 110 Å². The first-order chi connectivity index (χ1) is 14.9. The summed E-state index contributed by atoms with van der Waals surface area (Å²) < 4.78 is 5.72. The Hall–Kier alpha value is -2.71. The van der Waals surface area contributed by atoms with E-state index >= 15 is 0 Å². The maximum atomic E-state index is 11.0. The second-order valence-electron chi connectivity index (χ2n) is 8.21. The Bertz CT molecular complexity index is 1040. The van der Waals surface area contributed by atoms with Crippen LogP contribution in [0.3, 0.4) is 0 Å². The van der Waals surface area contributed by atoms with Crippen molar-refractivity contribution in [1.82, 2.24) is 15.5 Å². The molecule has 1 aromatic heterocycles. The summed E-state index contributed by atoms with van der Waals surface area (Å²) in [4.78, 5) is 11.0. The average Bonchev–Trinajstić information content (AvgIpc) is 3.23. The maximum Gasteiger partial charge on any atom is 0.317 e. The summed E-state index contributed by atoms with van der Waals surface area (Å²) in [6.45, 7) is 3.93. The number of rotatable bonds is 7. The molecule has 1 heterocycles. The first-order valence-electron chi connectivity index (χ1n) is 10.7. The number of hydrogen-bond acceptors (Lipinski definition) is 7. The summed E-state index contributed by atoms with van der Waals surface area (Å²) >= 11 is 1.56. The van der Waals surface area contributed by atoms with Gasteiger partial charge in [-0.05, 0) is 75.3 Å². The van der Waals surface area contributed by atoms with Gasteiger partial charge in [-0.1, -0.05) is 17.4 Å². The van der Waals surface area contributed by atoms with Gasteiger partial charge in [-0.3, -0.25) is 4.79 Å². The van der Waals surface area contributed by atoms with Gasteiger partial charge in [0.2, 0.25) is 0 Å². The van der Waals surface area contributed by atoms with E-state index in [-0.39, 0.29) is 18.7 Å². The molecule has 31 heavy (non-hydrogen) atoms. The molecular weight excluding hydrogens is 412 g/mol. The molecule has 8 heteroatoms. The third kappa shape index (κ3) is 4.80. The van der Waals surface area contributed by atoms with Crippen LogP contribution in [0.25, 0.3) is 16.1 Å². The number of nitrogens with two attached hydrogens (primary N) is 1. The number of carboxylic acid groups (broad SMARTS) is 1. The van der Waals surface area contributed by atoms with E-state index in [2.05, 4.69) is 21.6 Å². The van der Waals surface area contributed by atoms with Gasteiger partial charge in [0.05, 0.1) is 18.3 Å². The minimum Gasteiger partial charge on any atom is -0.489 e. The summed E-state index contributed by atoms with van der Waals surface area (Å²) in [5.41, 5.74) is 11.5. The zero-order valence-electron chi connectivity index (χ0n) is 17.9. The second-order valence-corrected chi connectivity index (χ2v) is 9.19. The van der Waals surface area contributed by atoms with Crippen LogP contribution in [0.1, 0.15) is 51.0 Å². The van der Waals surface area contributed by atoms with Crippen molar-refractivity contribution in [3.05, 3.63) is 40.4 Å². The van der Waals surface area contributed by atoms with E-state index in [0.29, 0.717) is 11.4 Å². The van der Waals surface area contributed by atoms with Crippen molar-refractivity contribution in [2.24, 2.45) is 0 Å². The number of aromatic nitrogens is 2. The lowest BCUT2D eigenvalue weighted by atomic mass is 9.79. The van der Waals surface area contributed by atoms with Gasteiger partial charge in [-0.2, -0.15) is 0 Å². The zero-order valence-corrected chi connectivity index (χ0v) is 18.7. The third-order valence-electron chi connectivity index (χ3n) is 5.59. The number of carbonyl (C=O) groups is 1. The highest BCUT2D eigenvalue weighted by Crippen LogP contribution is 2.42. The molecule has 0 aliphatic heterocycles. The molecule has 0 fully saturated rings. The number of benzene rings is 1. The number of allylic oxidation sites excluding steroid dienone is 3. The van der Waals surface area contributed by atoms with E-state index in [1.165, 1.54) is 11.1 Å². The van der Waals surface area contributed by atoms with Gasteiger partial charge < -0.3 is 20.9 Å². The summed E-state index contributed by atoms with van der Waals surface area (Å²) in [7, 11) is 0. The van der Waals surface area contributed by atoms with Crippen LogP contribution >= 0.6 is 11.3 Å². The highest BCUT2D eigenvalue weighted by Gasteiger charge is 2.28. The molecule has 1 atom stereocenters. The molecule has 1 aromatic carbocycles. The Morgan fingerprint density at radius 2 is 2.13 bits per heavy atom. The number of nitrogens with one attached hydrogen (secondary N) is 1. The fourth-order valence-electron chi connectivity index (χ4n) is 4.30. The van der Waals surface area contributed by atoms with E-state index in [1.807, 2.05) is 32.0 Å². The molecular formula is C23H28N4O3S. The highest BCUT2D eigenvalue weighted by molar-refractivity contribution is 7.15. The van der Waals surface area contributed by atoms with Crippen molar-refractivity contribution in [2.75, 3.05) is 12.3 Å². The third-order valence-corrected chi connectivity index (χ3v) is 6.60. The number of anilines is 1. The Labute approximate surface area is 186 Å². The van der Waals surface area contributed by atoms with Crippen molar-refractivity contribution < 1.29 is 14.6 Å². The fraction of sp³-hybridized carbons (Fsp3) is 0.435. The van der Waals surface area contributed by atoms with Crippen LogP contribution in [0.4, 0.5) is 5.69 Å². The molecule has 0 saturated carbocycles. The highest BCUT2D eigenvalue weighted by atomic mass is 32.1. The lowest BCUT2D eigenvalue weighted by Crippen LogP contribution is -2.37. The summed E-state index contributed by atoms with van der Waals surface area (Å²) in [5.74, 6) is -0.146. The van der Waals surface area contributed by atoms with Crippen LogP contribution in [0.2, 0.25) is 0 Å². The summed E-state index contributed by atoms with van der Waals surface area (Å²) in [5, 5.41) is 22.9. The van der Waals surface area contributed by atoms with Gasteiger partial charge in [0.1, 0.15) is 15.8 Å². The average molecular weight is 441 g/mol. The molecule has 0 unspecified atom stereocenters. The largest absolute Gasteiger partial charge is 0.489 e. The first kappa shape index (κ1) is 21.5. The van der Waals surface area contributed by atoms with Gasteiger partial charge in [0, 0.05) is 17.2 Å². The van der Waals surface area contributed by atoms with Crippen molar-refractivity contribution in [3.63, 3.8) is 0 Å². The minimum atomic E-state index is -0.822. The van der Waals surface area contributed by atoms with Gasteiger partial charge in [0.25, 0.3) is 0 Å². The smallest absolute Gasteiger partial charge is 0.317 e. The lowest BCUT2D eigenvalue weighted by Gasteiger charge is -2.32. The molecule has 0 radical (unpaired) electrons. The van der Waals surface area contributed by atoms with Crippen molar-refractivity contribution in [2.45, 2.75) is 58.1 Å². The van der Waals surface area contributed by atoms with Crippen LogP contribution in [-0.2, 0) is 4.79 Å². The van der Waals surface area contributed by atoms with E-state index in [0.717, 1.165) is 53.3 Å². The number of aliphatic carboxylic acids is 1. The van der Waals surface area contributed by atoms with Crippen LogP contribution in [0.5, 0.6) is 5.75 Å². The molecule has 0 amide bonds. The van der Waals surface area contributed by atoms with E-state index in [9.17, 15) is 4.79 Å². The fourth-order valence-corrected chi connectivity index (χ4v) is 5.21. The van der Waals surface area contributed by atoms with Crippen LogP contribution in [-0.4, -0.2) is 40.0 Å². The van der Waals surface area contributed by atoms with Crippen LogP contribution in [0.15, 0.2) is 35.4 Å². The van der Waals surface area contributed by atoms with E-state index in [4.69, 9.17) is 15.6 Å². The number of hydrogen-bond donors (Lipinski definition) is 3. The Balaban J connectivity index is 1.58. The number of nitrogen functional groups attached to an aromatic ring is 1. The molecule has 2 aliphatic rings. The lowest BCUT2D eigenvalue weighted by molar-refractivity contribution is -0.136. The Morgan fingerprint density at radius 3 is 2.87 bits per heavy atom. The predicted octanol–water partition coefficient (Wildman–Crippen LogP) is 4.28. The molecule has 0 saturated heterocycles. The first-order valence-corrected chi connectivity index (χ1v) is 11.5. The summed E-state index contributed by atoms with van der Waals surface area (Å²) in [6.07, 6.45) is 7.22. The zero-order chi connectivity index (χ0) is 22.0. The van der Waals surface area contributed by atoms with Crippen LogP contribution in [0, 0.1) is 0 Å². The molecule has 0 spiro atoms. The van der Waals surface area contributed by atoms with Gasteiger partial charge in [0.15, 0.2) is 0 Å². The molecule has 7 nitrogen and oxygen atoms in total. The number of carboxylic acids is 1. The standard InChI is InChI=1S/C23H28N4O3S/c1-13(2)30-20-10-9-14(11-18(20)24)22-26-27-23(31-22)17-7-3-6-16-15(17)5-4-8-19(16)25-12-21(28)29/h7,9-11,13,19,25H,3-6,8,12,24H2,1-2H3,(H,28,29)/t19-/m0/s1. The molecule has 0 bridgehead atoms. The molecule has 164 valence electrons. The van der Waals surface area contributed by atoms with Crippen molar-refractivity contribution in [3.8, 4) is 16.3 Å². The van der Waals surface area contributed by atoms with Gasteiger partial charge in [-0.25, -0.2) is 0 Å². The van der Waals surface area contributed by atoms with E-state index in [1.54, 1.807) is 11.3 Å². The molecule has 4 rings (SSSR count). The molecule has 2 aromatic rings. The quantitative estimate of drug-likeness (QED) is 0.551. The minimum absolute atomic E-state index is 0.0125. The normalized spacial score (nSPS) is 18.7. The number of ether oxygens (including phenoxy) is 1. The SMILES string of the molecule is CC(C)Oc1ccc(-c2nnc(C3=CCCC4=C3CCC[C@@H]4NCC(=O)O)s2)cc1N. The van der Waals surface area contributed by atoms with Crippen molar-refractivity contribution in [1.29, 1.82) is 0 Å².